The minimum absolute atomic E-state index is 0. The van der Waals surface area contributed by atoms with Crippen molar-refractivity contribution in [3.05, 3.63) is 0 Å². The van der Waals surface area contributed by atoms with Crippen LogP contribution in [-0.2, 0) is 19.1 Å². The zero-order valence-corrected chi connectivity index (χ0v) is 7.72. The van der Waals surface area contributed by atoms with Gasteiger partial charge in [0.15, 0.2) is 0 Å². The molecule has 0 aromatic heterocycles. The molecule has 7 heteroatoms. The molecule has 0 saturated heterocycles. The lowest BCUT2D eigenvalue weighted by Crippen LogP contribution is -2.00. The molecule has 4 N–H and O–H groups in total. The van der Waals surface area contributed by atoms with Crippen LogP contribution in [0, 0.1) is 0 Å². The number of hydrogen-bond donors (Lipinski definition) is 2. The number of aliphatic hydroxyl groups excluding tert-OH is 2. The second-order valence-electron chi connectivity index (χ2n) is 1.73. The zero-order chi connectivity index (χ0) is 10.4. The van der Waals surface area contributed by atoms with E-state index in [0.29, 0.717) is 19.4 Å². The first-order valence-corrected chi connectivity index (χ1v) is 3.65. The topological polar surface area (TPSA) is 125 Å². The Morgan fingerprint density at radius 2 is 1.29 bits per heavy atom. The van der Waals surface area contributed by atoms with Crippen molar-refractivity contribution in [2.24, 2.45) is 0 Å². The first-order valence-electron chi connectivity index (χ1n) is 3.65. The second-order valence-corrected chi connectivity index (χ2v) is 1.73. The van der Waals surface area contributed by atoms with Gasteiger partial charge in [0.25, 0.3) is 12.9 Å². The summed E-state index contributed by atoms with van der Waals surface area (Å²) in [6.45, 7) is 1.04. The van der Waals surface area contributed by atoms with E-state index in [1.54, 1.807) is 0 Å². The van der Waals surface area contributed by atoms with Crippen molar-refractivity contribution in [1.29, 1.82) is 0 Å². The largest absolute Gasteiger partial charge is 0.464 e. The number of ether oxygens (including phenoxy) is 2. The van der Waals surface area contributed by atoms with Gasteiger partial charge in [-0.25, -0.2) is 0 Å². The summed E-state index contributed by atoms with van der Waals surface area (Å²) < 4.78 is 8.34. The van der Waals surface area contributed by atoms with Crippen molar-refractivity contribution in [2.45, 2.75) is 6.42 Å². The summed E-state index contributed by atoms with van der Waals surface area (Å²) in [6, 6.07) is 0. The fourth-order valence-electron chi connectivity index (χ4n) is 0.263. The maximum absolute atomic E-state index is 9.40. The summed E-state index contributed by atoms with van der Waals surface area (Å²) >= 11 is 0. The van der Waals surface area contributed by atoms with E-state index in [1.165, 1.54) is 0 Å². The molecule has 0 aliphatic heterocycles. The van der Waals surface area contributed by atoms with E-state index < -0.39 is 0 Å². The molecule has 0 aromatic carbocycles. The highest BCUT2D eigenvalue weighted by molar-refractivity contribution is 5.38. The molecule has 0 radical (unpaired) electrons. The van der Waals surface area contributed by atoms with Crippen LogP contribution in [0.25, 0.3) is 0 Å². The van der Waals surface area contributed by atoms with E-state index >= 15 is 0 Å². The Kier molecular flexibility index (Phi) is 30.0. The average Bonchev–Trinajstić information content (AvgIpc) is 2.15. The number of hydrogen-bond acceptors (Lipinski definition) is 6. The minimum atomic E-state index is 0. The third kappa shape index (κ3) is 30.8. The van der Waals surface area contributed by atoms with Crippen LogP contribution in [0.2, 0.25) is 0 Å². The van der Waals surface area contributed by atoms with E-state index in [9.17, 15) is 9.59 Å². The van der Waals surface area contributed by atoms with Crippen molar-refractivity contribution >= 4 is 12.9 Å². The zero-order valence-electron chi connectivity index (χ0n) is 7.72. The van der Waals surface area contributed by atoms with Crippen LogP contribution < -0.4 is 0 Å². The maximum atomic E-state index is 9.40. The van der Waals surface area contributed by atoms with Gasteiger partial charge in [0.2, 0.25) is 0 Å². The summed E-state index contributed by atoms with van der Waals surface area (Å²) in [5.74, 6) is 0. The van der Waals surface area contributed by atoms with Crippen LogP contribution in [0.15, 0.2) is 0 Å². The summed E-state index contributed by atoms with van der Waals surface area (Å²) in [6.07, 6.45) is 0.500. The lowest BCUT2D eigenvalue weighted by atomic mass is 10.5. The number of carbonyl (C=O) groups is 2. The first-order chi connectivity index (χ1) is 6.33. The Bertz CT molecular complexity index is 94.2. The third-order valence-corrected chi connectivity index (χ3v) is 0.771. The summed E-state index contributed by atoms with van der Waals surface area (Å²) in [4.78, 5) is 18.8. The molecule has 0 spiro atoms. The van der Waals surface area contributed by atoms with Crippen molar-refractivity contribution in [2.75, 3.05) is 26.4 Å². The fourth-order valence-corrected chi connectivity index (χ4v) is 0.263. The lowest BCUT2D eigenvalue weighted by molar-refractivity contribution is -0.136. The monoisotopic (exact) mass is 212 g/mol. The van der Waals surface area contributed by atoms with Gasteiger partial charge in [-0.3, -0.25) is 9.59 Å². The Morgan fingerprint density at radius 3 is 1.43 bits per heavy atom. The Hall–Kier alpha value is -1.18. The van der Waals surface area contributed by atoms with E-state index in [0.717, 1.165) is 0 Å². The van der Waals surface area contributed by atoms with Crippen molar-refractivity contribution in [3.8, 4) is 0 Å². The number of aliphatic hydroxyl groups is 2. The highest BCUT2D eigenvalue weighted by Crippen LogP contribution is 1.68. The minimum Gasteiger partial charge on any atom is -0.464 e. The SMILES string of the molecule is O.O=COCCOC=O.OCCCO. The van der Waals surface area contributed by atoms with E-state index in [2.05, 4.69) is 9.47 Å². The summed E-state index contributed by atoms with van der Waals surface area (Å²) in [7, 11) is 0. The van der Waals surface area contributed by atoms with Gasteiger partial charge in [-0.05, 0) is 6.42 Å². The first kappa shape index (κ1) is 18.6. The van der Waals surface area contributed by atoms with Crippen LogP contribution in [0.4, 0.5) is 0 Å². The van der Waals surface area contributed by atoms with Gasteiger partial charge >= 0.3 is 0 Å². The van der Waals surface area contributed by atoms with Gasteiger partial charge in [0, 0.05) is 13.2 Å². The molecule has 0 rings (SSSR count). The Morgan fingerprint density at radius 1 is 0.929 bits per heavy atom. The fraction of sp³-hybridized carbons (Fsp3) is 0.714. The molecule has 0 atom stereocenters. The third-order valence-electron chi connectivity index (χ3n) is 0.771. The van der Waals surface area contributed by atoms with Gasteiger partial charge in [0.05, 0.1) is 0 Å². The molecule has 0 aliphatic rings. The van der Waals surface area contributed by atoms with Crippen LogP contribution in [0.3, 0.4) is 0 Å². The number of rotatable bonds is 7. The summed E-state index contributed by atoms with van der Waals surface area (Å²) in [5.41, 5.74) is 0. The molecule has 0 aliphatic carbocycles. The van der Waals surface area contributed by atoms with Crippen molar-refractivity contribution < 1.29 is 34.8 Å². The molecule has 0 amide bonds. The molecule has 14 heavy (non-hydrogen) atoms. The van der Waals surface area contributed by atoms with Gasteiger partial charge in [-0.2, -0.15) is 0 Å². The van der Waals surface area contributed by atoms with E-state index in [-0.39, 0.29) is 31.9 Å². The molecule has 0 unspecified atom stereocenters. The van der Waals surface area contributed by atoms with Crippen LogP contribution in [-0.4, -0.2) is 55.1 Å². The van der Waals surface area contributed by atoms with E-state index in [4.69, 9.17) is 10.2 Å². The molecule has 86 valence electrons. The molecular formula is C7H16O7. The standard InChI is InChI=1S/C4H6O4.C3H8O2.H2O/c5-3-7-1-2-8-4-6;4-2-1-3-5;/h3-4H,1-2H2;4-5H,1-3H2;1H2. The Labute approximate surface area is 81.6 Å². The smallest absolute Gasteiger partial charge is 0.293 e. The van der Waals surface area contributed by atoms with E-state index in [1.807, 2.05) is 0 Å². The predicted octanol–water partition coefficient (Wildman–Crippen LogP) is -2.13. The summed E-state index contributed by atoms with van der Waals surface area (Å²) in [5, 5.41) is 15.8. The van der Waals surface area contributed by atoms with Gasteiger partial charge in [-0.1, -0.05) is 0 Å². The highest BCUT2D eigenvalue weighted by Gasteiger charge is 1.81. The molecule has 0 aromatic rings. The number of carbonyl (C=O) groups excluding carboxylic acids is 2. The lowest BCUT2D eigenvalue weighted by Gasteiger charge is -1.93. The quantitative estimate of drug-likeness (QED) is 0.367. The highest BCUT2D eigenvalue weighted by atomic mass is 16.6. The molecule has 0 fully saturated rings. The normalized spacial score (nSPS) is 7.29. The molecule has 7 nitrogen and oxygen atoms in total. The van der Waals surface area contributed by atoms with Crippen LogP contribution in [0.1, 0.15) is 6.42 Å². The second kappa shape index (κ2) is 22.6. The van der Waals surface area contributed by atoms with Crippen molar-refractivity contribution in [1.82, 2.24) is 0 Å². The van der Waals surface area contributed by atoms with Gasteiger partial charge < -0.3 is 25.2 Å². The molecular weight excluding hydrogens is 196 g/mol. The van der Waals surface area contributed by atoms with Gasteiger partial charge in [0.1, 0.15) is 13.2 Å². The maximum Gasteiger partial charge on any atom is 0.293 e. The molecule has 0 saturated carbocycles. The predicted molar refractivity (Wildman–Crippen MR) is 46.4 cm³/mol. The molecule has 0 bridgehead atoms. The van der Waals surface area contributed by atoms with Crippen LogP contribution in [0.5, 0.6) is 0 Å². The van der Waals surface area contributed by atoms with Crippen LogP contribution >= 0.6 is 0 Å². The van der Waals surface area contributed by atoms with Crippen molar-refractivity contribution in [3.63, 3.8) is 0 Å². The molecule has 0 heterocycles. The van der Waals surface area contributed by atoms with Gasteiger partial charge in [-0.15, -0.1) is 0 Å². The Balaban J connectivity index is -0.000000177. The average molecular weight is 212 g/mol.